The third-order valence-electron chi connectivity index (χ3n) is 3.81. The number of hydrogen-bond donors (Lipinski definition) is 1. The Morgan fingerprint density at radius 3 is 2.26 bits per heavy atom. The molecule has 0 spiro atoms. The van der Waals surface area contributed by atoms with Crippen molar-refractivity contribution in [3.05, 3.63) is 30.1 Å². The van der Waals surface area contributed by atoms with Crippen molar-refractivity contribution in [2.75, 3.05) is 32.0 Å². The van der Waals surface area contributed by atoms with Crippen LogP contribution < -0.4 is 5.32 Å². The van der Waals surface area contributed by atoms with Gasteiger partial charge < -0.3 is 10.2 Å². The third-order valence-corrected chi connectivity index (χ3v) is 3.81. The maximum atomic E-state index is 12.8. The molecule has 1 fully saturated rings. The van der Waals surface area contributed by atoms with Gasteiger partial charge in [-0.3, -0.25) is 24.1 Å². The number of amides is 6. The van der Waals surface area contributed by atoms with Crippen LogP contribution in [0.5, 0.6) is 0 Å². The number of imide groups is 2. The summed E-state index contributed by atoms with van der Waals surface area (Å²) >= 11 is 0. The number of rotatable bonds is 7. The summed E-state index contributed by atoms with van der Waals surface area (Å²) in [4.78, 5) is 62.3. The highest BCUT2D eigenvalue weighted by atomic mass is 19.1. The number of carbonyl (C=O) groups is 5. The monoisotopic (exact) mass is 378 g/mol. The van der Waals surface area contributed by atoms with Crippen molar-refractivity contribution in [1.82, 2.24) is 14.7 Å². The Kier molecular flexibility index (Phi) is 6.22. The molecular formula is C17H19FN4O5. The first kappa shape index (κ1) is 20.0. The second kappa shape index (κ2) is 8.39. The molecule has 0 atom stereocenters. The molecule has 1 aromatic carbocycles. The molecule has 1 aromatic rings. The average Bonchev–Trinajstić information content (AvgIpc) is 2.82. The van der Waals surface area contributed by atoms with E-state index in [1.807, 2.05) is 0 Å². The molecule has 9 nitrogen and oxygen atoms in total. The molecule has 0 saturated carbocycles. The van der Waals surface area contributed by atoms with Crippen LogP contribution in [-0.2, 0) is 19.2 Å². The molecule has 2 rings (SSSR count). The van der Waals surface area contributed by atoms with Crippen LogP contribution >= 0.6 is 0 Å². The van der Waals surface area contributed by atoms with E-state index < -0.39 is 42.0 Å². The molecule has 0 aromatic heterocycles. The van der Waals surface area contributed by atoms with Gasteiger partial charge in [-0.2, -0.15) is 0 Å². The van der Waals surface area contributed by atoms with Crippen LogP contribution in [-0.4, -0.2) is 71.0 Å². The Bertz CT molecular complexity index is 780. The molecule has 1 N–H and O–H groups in total. The highest BCUT2D eigenvalue weighted by molar-refractivity contribution is 6.45. The van der Waals surface area contributed by atoms with Crippen molar-refractivity contribution >= 4 is 35.3 Å². The molecule has 6 amide bonds. The van der Waals surface area contributed by atoms with E-state index in [4.69, 9.17) is 0 Å². The Morgan fingerprint density at radius 1 is 1.07 bits per heavy atom. The minimum atomic E-state index is -1.06. The molecule has 1 aliphatic heterocycles. The van der Waals surface area contributed by atoms with E-state index in [9.17, 15) is 28.4 Å². The van der Waals surface area contributed by atoms with Crippen molar-refractivity contribution in [3.8, 4) is 0 Å². The minimum absolute atomic E-state index is 0.0873. The molecule has 0 unspecified atom stereocenters. The fourth-order valence-electron chi connectivity index (χ4n) is 2.40. The predicted molar refractivity (Wildman–Crippen MR) is 91.8 cm³/mol. The van der Waals surface area contributed by atoms with Crippen LogP contribution in [0.15, 0.2) is 24.3 Å². The van der Waals surface area contributed by atoms with E-state index in [1.54, 1.807) is 6.92 Å². The zero-order chi connectivity index (χ0) is 20.1. The second-order valence-electron chi connectivity index (χ2n) is 5.94. The molecule has 1 heterocycles. The van der Waals surface area contributed by atoms with Gasteiger partial charge in [0.15, 0.2) is 0 Å². The first-order valence-corrected chi connectivity index (χ1v) is 8.21. The van der Waals surface area contributed by atoms with Crippen LogP contribution in [0.3, 0.4) is 0 Å². The van der Waals surface area contributed by atoms with E-state index in [1.165, 1.54) is 31.3 Å². The largest absolute Gasteiger partial charge is 0.335 e. The van der Waals surface area contributed by atoms with Gasteiger partial charge in [-0.15, -0.1) is 0 Å². The zero-order valence-corrected chi connectivity index (χ0v) is 14.9. The summed E-state index contributed by atoms with van der Waals surface area (Å²) in [6.07, 6.45) is 0.482. The standard InChI is InChI=1S/C17H19FN4O5/c1-3-8-21-15(25)16(26)22(17(21)27)10-14(24)20(2)9-13(23)19-12-6-4-11(18)5-7-12/h4-7H,3,8-10H2,1-2H3,(H,19,23). The van der Waals surface area contributed by atoms with Gasteiger partial charge in [-0.25, -0.2) is 14.1 Å². The van der Waals surface area contributed by atoms with E-state index in [-0.39, 0.29) is 13.1 Å². The number of nitrogens with one attached hydrogen (secondary N) is 1. The first-order chi connectivity index (χ1) is 12.7. The number of benzene rings is 1. The summed E-state index contributed by atoms with van der Waals surface area (Å²) in [7, 11) is 1.32. The first-order valence-electron chi connectivity index (χ1n) is 8.21. The SMILES string of the molecule is CCCN1C(=O)C(=O)N(CC(=O)N(C)CC(=O)Nc2ccc(F)cc2)C1=O. The Balaban J connectivity index is 1.92. The molecule has 144 valence electrons. The second-order valence-corrected chi connectivity index (χ2v) is 5.94. The summed E-state index contributed by atoms with van der Waals surface area (Å²) in [6.45, 7) is 0.847. The normalized spacial score (nSPS) is 14.0. The number of nitrogens with zero attached hydrogens (tertiary/aromatic N) is 3. The molecule has 0 bridgehead atoms. The number of halogens is 1. The van der Waals surface area contributed by atoms with Gasteiger partial charge in [0.25, 0.3) is 0 Å². The summed E-state index contributed by atoms with van der Waals surface area (Å²) in [5, 5.41) is 2.49. The fourth-order valence-corrected chi connectivity index (χ4v) is 2.40. The number of carbonyl (C=O) groups excluding carboxylic acids is 5. The number of urea groups is 1. The molecule has 0 aliphatic carbocycles. The van der Waals surface area contributed by atoms with Crippen LogP contribution in [0.2, 0.25) is 0 Å². The van der Waals surface area contributed by atoms with Gasteiger partial charge >= 0.3 is 17.8 Å². The Labute approximate surface area is 154 Å². The zero-order valence-electron chi connectivity index (χ0n) is 14.9. The lowest BCUT2D eigenvalue weighted by atomic mass is 10.3. The van der Waals surface area contributed by atoms with Crippen LogP contribution in [0.1, 0.15) is 13.3 Å². The number of hydrogen-bond acceptors (Lipinski definition) is 5. The lowest BCUT2D eigenvalue weighted by Gasteiger charge is -2.20. The predicted octanol–water partition coefficient (Wildman–Crippen LogP) is 0.423. The highest BCUT2D eigenvalue weighted by Crippen LogP contribution is 2.13. The average molecular weight is 378 g/mol. The van der Waals surface area contributed by atoms with Crippen molar-refractivity contribution in [2.24, 2.45) is 0 Å². The van der Waals surface area contributed by atoms with Gasteiger partial charge in [-0.05, 0) is 30.7 Å². The van der Waals surface area contributed by atoms with E-state index in [2.05, 4.69) is 5.32 Å². The van der Waals surface area contributed by atoms with Gasteiger partial charge in [-0.1, -0.05) is 6.92 Å². The summed E-state index contributed by atoms with van der Waals surface area (Å²) in [6, 6.07) is 4.24. The number of likely N-dealkylation sites (N-methyl/N-ethyl adjacent to an activating group) is 1. The molecule has 1 aliphatic rings. The van der Waals surface area contributed by atoms with E-state index in [0.29, 0.717) is 17.0 Å². The molecular weight excluding hydrogens is 359 g/mol. The summed E-state index contributed by atoms with van der Waals surface area (Å²) < 4.78 is 12.8. The minimum Gasteiger partial charge on any atom is -0.335 e. The molecule has 1 saturated heterocycles. The molecule has 27 heavy (non-hydrogen) atoms. The highest BCUT2D eigenvalue weighted by Gasteiger charge is 2.44. The smallest absolute Gasteiger partial charge is 0.334 e. The van der Waals surface area contributed by atoms with Crippen molar-refractivity contribution < 1.29 is 28.4 Å². The van der Waals surface area contributed by atoms with Crippen molar-refractivity contribution in [3.63, 3.8) is 0 Å². The maximum absolute atomic E-state index is 12.8. The van der Waals surface area contributed by atoms with Gasteiger partial charge in [0.05, 0.1) is 6.54 Å². The van der Waals surface area contributed by atoms with E-state index in [0.717, 1.165) is 9.80 Å². The summed E-state index contributed by atoms with van der Waals surface area (Å²) in [5.74, 6) is -3.71. The molecule has 0 radical (unpaired) electrons. The van der Waals surface area contributed by atoms with Crippen LogP contribution in [0, 0.1) is 5.82 Å². The summed E-state index contributed by atoms with van der Waals surface area (Å²) in [5.41, 5.74) is 0.355. The maximum Gasteiger partial charge on any atom is 0.334 e. The van der Waals surface area contributed by atoms with Crippen LogP contribution in [0.25, 0.3) is 0 Å². The van der Waals surface area contributed by atoms with Crippen molar-refractivity contribution in [2.45, 2.75) is 13.3 Å². The quantitative estimate of drug-likeness (QED) is 0.547. The van der Waals surface area contributed by atoms with Crippen molar-refractivity contribution in [1.29, 1.82) is 0 Å². The topological polar surface area (TPSA) is 107 Å². The fraction of sp³-hybridized carbons (Fsp3) is 0.353. The van der Waals surface area contributed by atoms with Crippen LogP contribution in [0.4, 0.5) is 14.9 Å². The Morgan fingerprint density at radius 2 is 1.67 bits per heavy atom. The number of anilines is 1. The van der Waals surface area contributed by atoms with E-state index >= 15 is 0 Å². The Hall–Kier alpha value is -3.30. The van der Waals surface area contributed by atoms with Gasteiger partial charge in [0, 0.05) is 19.3 Å². The molecule has 10 heteroatoms. The van der Waals surface area contributed by atoms with Gasteiger partial charge in [0.1, 0.15) is 12.4 Å². The van der Waals surface area contributed by atoms with Gasteiger partial charge in [0.2, 0.25) is 11.8 Å². The lowest BCUT2D eigenvalue weighted by molar-refractivity contribution is -0.145. The third kappa shape index (κ3) is 4.66. The lowest BCUT2D eigenvalue weighted by Crippen LogP contribution is -2.44.